The number of hydrogen-bond acceptors (Lipinski definition) is 5. The second-order valence-corrected chi connectivity index (χ2v) is 3.13. The summed E-state index contributed by atoms with van der Waals surface area (Å²) in [7, 11) is 0. The van der Waals surface area contributed by atoms with Gasteiger partial charge < -0.3 is 25.8 Å². The number of rotatable bonds is 2. The van der Waals surface area contributed by atoms with E-state index < -0.39 is 30.5 Å². The van der Waals surface area contributed by atoms with E-state index in [1.54, 1.807) is 6.92 Å². The molecule has 0 aliphatic carbocycles. The highest BCUT2D eigenvalue weighted by Crippen LogP contribution is 2.22. The van der Waals surface area contributed by atoms with Crippen molar-refractivity contribution in [2.24, 2.45) is 5.73 Å². The molecule has 0 spiro atoms. The molecule has 1 unspecified atom stereocenters. The van der Waals surface area contributed by atoms with Gasteiger partial charge >= 0.3 is 0 Å². The normalized spacial score (nSPS) is 44.8. The predicted molar refractivity (Wildman–Crippen MR) is 41.4 cm³/mol. The van der Waals surface area contributed by atoms with Crippen LogP contribution in [0.3, 0.4) is 0 Å². The molecule has 0 aromatic carbocycles. The Kier molecular flexibility index (Phi) is 3.03. The first-order chi connectivity index (χ1) is 5.57. The Morgan fingerprint density at radius 3 is 2.33 bits per heavy atom. The Labute approximate surface area is 70.8 Å². The fourth-order valence-corrected chi connectivity index (χ4v) is 1.34. The molecular weight excluding hydrogens is 162 g/mol. The van der Waals surface area contributed by atoms with Crippen LogP contribution in [0.25, 0.3) is 0 Å². The lowest BCUT2D eigenvalue weighted by Crippen LogP contribution is -2.45. The van der Waals surface area contributed by atoms with Gasteiger partial charge in [-0.1, -0.05) is 0 Å². The molecule has 1 heterocycles. The van der Waals surface area contributed by atoms with Crippen LogP contribution in [0.2, 0.25) is 0 Å². The second kappa shape index (κ2) is 3.68. The molecule has 0 aromatic rings. The lowest BCUT2D eigenvalue weighted by molar-refractivity contribution is -0.0104. The van der Waals surface area contributed by atoms with E-state index in [1.807, 2.05) is 0 Å². The van der Waals surface area contributed by atoms with E-state index in [0.717, 1.165) is 0 Å². The molecule has 1 saturated heterocycles. The van der Waals surface area contributed by atoms with Crippen LogP contribution < -0.4 is 5.73 Å². The lowest BCUT2D eigenvalue weighted by atomic mass is 10.0. The van der Waals surface area contributed by atoms with Gasteiger partial charge in [-0.3, -0.25) is 0 Å². The third-order valence-electron chi connectivity index (χ3n) is 2.17. The molecule has 5 nitrogen and oxygen atoms in total. The summed E-state index contributed by atoms with van der Waals surface area (Å²) in [6.45, 7) is 1.39. The van der Waals surface area contributed by atoms with Crippen molar-refractivity contribution in [3.8, 4) is 0 Å². The van der Waals surface area contributed by atoms with Crippen molar-refractivity contribution in [3.05, 3.63) is 0 Å². The maximum absolute atomic E-state index is 9.36. The SMILES string of the molecule is C[C@@H]1O[C@H]([C@@H](N)CO)[C@H](O)C1O. The average molecular weight is 177 g/mol. The van der Waals surface area contributed by atoms with Gasteiger partial charge in [0.1, 0.15) is 18.3 Å². The van der Waals surface area contributed by atoms with Crippen LogP contribution in [-0.2, 0) is 4.74 Å². The summed E-state index contributed by atoms with van der Waals surface area (Å²) < 4.78 is 5.15. The zero-order chi connectivity index (χ0) is 9.30. The van der Waals surface area contributed by atoms with E-state index in [1.165, 1.54) is 0 Å². The molecule has 1 aliphatic heterocycles. The van der Waals surface area contributed by atoms with Crippen molar-refractivity contribution in [1.82, 2.24) is 0 Å². The predicted octanol–water partition coefficient (Wildman–Crippen LogP) is -2.18. The van der Waals surface area contributed by atoms with Crippen LogP contribution >= 0.6 is 0 Å². The van der Waals surface area contributed by atoms with Crippen molar-refractivity contribution < 1.29 is 20.1 Å². The molecule has 1 fully saturated rings. The molecule has 12 heavy (non-hydrogen) atoms. The van der Waals surface area contributed by atoms with Gasteiger partial charge in [-0.2, -0.15) is 0 Å². The smallest absolute Gasteiger partial charge is 0.110 e. The fraction of sp³-hybridized carbons (Fsp3) is 1.00. The van der Waals surface area contributed by atoms with E-state index in [4.69, 9.17) is 15.6 Å². The third-order valence-corrected chi connectivity index (χ3v) is 2.17. The fourth-order valence-electron chi connectivity index (χ4n) is 1.34. The number of aliphatic hydroxyl groups excluding tert-OH is 3. The molecule has 72 valence electrons. The Bertz CT molecular complexity index is 154. The van der Waals surface area contributed by atoms with Gasteiger partial charge in [0.2, 0.25) is 0 Å². The van der Waals surface area contributed by atoms with E-state index in [-0.39, 0.29) is 6.61 Å². The van der Waals surface area contributed by atoms with Gasteiger partial charge in [0, 0.05) is 0 Å². The van der Waals surface area contributed by atoms with Gasteiger partial charge in [0.15, 0.2) is 0 Å². The van der Waals surface area contributed by atoms with Crippen LogP contribution in [0.5, 0.6) is 0 Å². The van der Waals surface area contributed by atoms with Gasteiger partial charge in [0.25, 0.3) is 0 Å². The summed E-state index contributed by atoms with van der Waals surface area (Å²) in [5, 5.41) is 27.3. The quantitative estimate of drug-likeness (QED) is 0.384. The topological polar surface area (TPSA) is 95.9 Å². The highest BCUT2D eigenvalue weighted by molar-refractivity contribution is 4.93. The first-order valence-corrected chi connectivity index (χ1v) is 3.96. The summed E-state index contributed by atoms with van der Waals surface area (Å²) in [5.74, 6) is 0. The number of ether oxygens (including phenoxy) is 1. The van der Waals surface area contributed by atoms with E-state index in [9.17, 15) is 10.2 Å². The first-order valence-electron chi connectivity index (χ1n) is 3.96. The van der Waals surface area contributed by atoms with Crippen molar-refractivity contribution in [1.29, 1.82) is 0 Å². The van der Waals surface area contributed by atoms with Crippen molar-refractivity contribution in [3.63, 3.8) is 0 Å². The molecule has 0 amide bonds. The molecule has 1 aliphatic rings. The number of nitrogens with two attached hydrogens (primary N) is 1. The third kappa shape index (κ3) is 1.60. The van der Waals surface area contributed by atoms with Crippen LogP contribution in [0, 0.1) is 0 Å². The maximum atomic E-state index is 9.36. The van der Waals surface area contributed by atoms with Gasteiger partial charge in [-0.05, 0) is 6.92 Å². The molecular formula is C7H15NO4. The lowest BCUT2D eigenvalue weighted by Gasteiger charge is -2.19. The van der Waals surface area contributed by atoms with Crippen molar-refractivity contribution >= 4 is 0 Å². The average Bonchev–Trinajstić information content (AvgIpc) is 2.32. The highest BCUT2D eigenvalue weighted by Gasteiger charge is 2.42. The van der Waals surface area contributed by atoms with Gasteiger partial charge in [0.05, 0.1) is 18.8 Å². The van der Waals surface area contributed by atoms with E-state index in [2.05, 4.69) is 0 Å². The zero-order valence-corrected chi connectivity index (χ0v) is 6.92. The molecule has 0 bridgehead atoms. The maximum Gasteiger partial charge on any atom is 0.110 e. The second-order valence-electron chi connectivity index (χ2n) is 3.13. The minimum absolute atomic E-state index is 0.263. The Balaban J connectivity index is 2.58. The highest BCUT2D eigenvalue weighted by atomic mass is 16.5. The van der Waals surface area contributed by atoms with Crippen LogP contribution in [0.15, 0.2) is 0 Å². The Morgan fingerprint density at radius 2 is 2.00 bits per heavy atom. The van der Waals surface area contributed by atoms with Crippen LogP contribution in [0.4, 0.5) is 0 Å². The molecule has 5 N–H and O–H groups in total. The van der Waals surface area contributed by atoms with Crippen molar-refractivity contribution in [2.45, 2.75) is 37.4 Å². The molecule has 0 radical (unpaired) electrons. The largest absolute Gasteiger partial charge is 0.395 e. The van der Waals surface area contributed by atoms with Gasteiger partial charge in [-0.25, -0.2) is 0 Å². The number of aliphatic hydroxyl groups is 3. The molecule has 5 atom stereocenters. The Morgan fingerprint density at radius 1 is 1.42 bits per heavy atom. The van der Waals surface area contributed by atoms with E-state index >= 15 is 0 Å². The number of hydrogen-bond donors (Lipinski definition) is 4. The van der Waals surface area contributed by atoms with Crippen LogP contribution in [0.1, 0.15) is 6.92 Å². The zero-order valence-electron chi connectivity index (χ0n) is 6.92. The molecule has 5 heteroatoms. The van der Waals surface area contributed by atoms with Crippen LogP contribution in [-0.4, -0.2) is 52.4 Å². The van der Waals surface area contributed by atoms with Crippen molar-refractivity contribution in [2.75, 3.05) is 6.61 Å². The standard InChI is InChI=1S/C7H15NO4/c1-3-5(10)6(11)7(12-3)4(8)2-9/h3-7,9-11H,2,8H2,1H3/t3-,4-,5?,6+,7+/m0/s1. The summed E-state index contributed by atoms with van der Waals surface area (Å²) in [6, 6.07) is -0.639. The summed E-state index contributed by atoms with van der Waals surface area (Å²) in [5.41, 5.74) is 5.45. The van der Waals surface area contributed by atoms with Gasteiger partial charge in [-0.15, -0.1) is 0 Å². The minimum Gasteiger partial charge on any atom is -0.395 e. The molecule has 1 rings (SSSR count). The summed E-state index contributed by atoms with van der Waals surface area (Å²) in [6.07, 6.45) is -3.00. The minimum atomic E-state index is -0.998. The Hall–Kier alpha value is -0.200. The summed E-state index contributed by atoms with van der Waals surface area (Å²) >= 11 is 0. The molecule has 0 saturated carbocycles. The molecule has 0 aromatic heterocycles. The van der Waals surface area contributed by atoms with E-state index in [0.29, 0.717) is 0 Å². The first kappa shape index (κ1) is 9.88. The monoisotopic (exact) mass is 177 g/mol. The summed E-state index contributed by atoms with van der Waals surface area (Å²) in [4.78, 5) is 0.